The maximum Gasteiger partial charge on any atom is 0.344 e. The first-order chi connectivity index (χ1) is 14.6. The van der Waals surface area contributed by atoms with Crippen LogP contribution < -0.4 is 20.8 Å². The van der Waals surface area contributed by atoms with E-state index in [-0.39, 0.29) is 4.90 Å². The van der Waals surface area contributed by atoms with E-state index in [0.29, 0.717) is 17.9 Å². The van der Waals surface area contributed by atoms with E-state index >= 15 is 0 Å². The second-order valence-corrected chi connectivity index (χ2v) is 9.43. The molecule has 11 nitrogen and oxygen atoms in total. The van der Waals surface area contributed by atoms with Gasteiger partial charge in [0.15, 0.2) is 0 Å². The molecule has 12 heteroatoms. The van der Waals surface area contributed by atoms with Crippen LogP contribution in [0.2, 0.25) is 0 Å². The molecule has 4 N–H and O–H groups in total. The molecule has 1 aliphatic heterocycles. The smallest absolute Gasteiger partial charge is 0.344 e. The largest absolute Gasteiger partial charge is 0.346 e. The molecule has 2 fully saturated rings. The predicted octanol–water partition coefficient (Wildman–Crippen LogP) is -0.325. The Morgan fingerprint density at radius 1 is 1.03 bits per heavy atom. The summed E-state index contributed by atoms with van der Waals surface area (Å²) >= 11 is 0. The molecule has 5 amide bonds. The Balaban J connectivity index is 1.46. The zero-order chi connectivity index (χ0) is 22.6. The number of carbonyl (C=O) groups excluding carboxylic acids is 4. The van der Waals surface area contributed by atoms with Gasteiger partial charge in [-0.25, -0.2) is 17.9 Å². The summed E-state index contributed by atoms with van der Waals surface area (Å²) in [6, 6.07) is 5.39. The van der Waals surface area contributed by atoms with Crippen molar-refractivity contribution in [2.45, 2.75) is 49.5 Å². The third-order valence-electron chi connectivity index (χ3n) is 5.31. The van der Waals surface area contributed by atoms with Crippen LogP contribution in [0.1, 0.15) is 37.7 Å². The van der Waals surface area contributed by atoms with Crippen molar-refractivity contribution < 1.29 is 27.6 Å². The van der Waals surface area contributed by atoms with Crippen molar-refractivity contribution in [3.05, 3.63) is 29.8 Å². The molecule has 1 aromatic carbocycles. The first kappa shape index (κ1) is 22.7. The molecule has 3 rings (SSSR count). The predicted molar refractivity (Wildman–Crippen MR) is 109 cm³/mol. The number of aryl methyl sites for hydroxylation is 1. The van der Waals surface area contributed by atoms with E-state index in [9.17, 15) is 27.6 Å². The molecule has 31 heavy (non-hydrogen) atoms. The number of hydrogen-bond donors (Lipinski definition) is 4. The molecule has 0 radical (unpaired) electrons. The minimum atomic E-state index is -3.88. The Labute approximate surface area is 180 Å². The highest BCUT2D eigenvalue weighted by Crippen LogP contribution is 2.32. The van der Waals surface area contributed by atoms with Crippen LogP contribution in [0.15, 0.2) is 29.2 Å². The van der Waals surface area contributed by atoms with Gasteiger partial charge in [-0.1, -0.05) is 37.0 Å². The number of imide groups is 1. The first-order valence-corrected chi connectivity index (χ1v) is 11.4. The maximum absolute atomic E-state index is 12.6. The molecule has 0 unspecified atom stereocenters. The fourth-order valence-electron chi connectivity index (χ4n) is 3.58. The highest BCUT2D eigenvalue weighted by Gasteiger charge is 2.52. The van der Waals surface area contributed by atoms with E-state index in [1.165, 1.54) is 12.1 Å². The van der Waals surface area contributed by atoms with Gasteiger partial charge >= 0.3 is 6.03 Å². The van der Waals surface area contributed by atoms with Crippen molar-refractivity contribution in [2.24, 2.45) is 0 Å². The van der Waals surface area contributed by atoms with Crippen LogP contribution in [-0.4, -0.2) is 55.8 Å². The van der Waals surface area contributed by atoms with Gasteiger partial charge in [0.05, 0.1) is 18.0 Å². The molecule has 1 saturated carbocycles. The average molecular weight is 452 g/mol. The van der Waals surface area contributed by atoms with Gasteiger partial charge in [-0.15, -0.1) is 0 Å². The molecule has 2 aliphatic rings. The van der Waals surface area contributed by atoms with Gasteiger partial charge in [0.25, 0.3) is 11.8 Å². The number of benzene rings is 1. The minimum Gasteiger partial charge on any atom is -0.346 e. The van der Waals surface area contributed by atoms with E-state index in [2.05, 4.69) is 20.8 Å². The summed E-state index contributed by atoms with van der Waals surface area (Å²) in [5, 5.41) is 5.54. The van der Waals surface area contributed by atoms with Crippen LogP contribution >= 0.6 is 0 Å². The van der Waals surface area contributed by atoms with Crippen LogP contribution in [0.4, 0.5) is 4.79 Å². The van der Waals surface area contributed by atoms with Crippen molar-refractivity contribution in [1.29, 1.82) is 0 Å². The van der Waals surface area contributed by atoms with Crippen LogP contribution in [0, 0.1) is 6.92 Å². The molecule has 1 aromatic rings. The van der Waals surface area contributed by atoms with E-state index in [1.54, 1.807) is 12.1 Å². The van der Waals surface area contributed by atoms with E-state index in [4.69, 9.17) is 0 Å². The molecular weight excluding hydrogens is 426 g/mol. The van der Waals surface area contributed by atoms with Crippen molar-refractivity contribution >= 4 is 33.8 Å². The summed E-state index contributed by atoms with van der Waals surface area (Å²) in [5.74, 6) is -2.04. The Morgan fingerprint density at radius 3 is 2.32 bits per heavy atom. The minimum absolute atomic E-state index is 0.0128. The van der Waals surface area contributed by atoms with Gasteiger partial charge in [-0.05, 0) is 31.9 Å². The number of hydrogen-bond acceptors (Lipinski definition) is 6. The van der Waals surface area contributed by atoms with Crippen LogP contribution in [0.5, 0.6) is 0 Å². The van der Waals surface area contributed by atoms with Gasteiger partial charge < -0.3 is 10.6 Å². The third kappa shape index (κ3) is 5.20. The van der Waals surface area contributed by atoms with Crippen molar-refractivity contribution in [2.75, 3.05) is 13.1 Å². The molecule has 1 heterocycles. The summed E-state index contributed by atoms with van der Waals surface area (Å²) < 4.78 is 26.5. The molecule has 1 saturated heterocycles. The molecule has 0 bridgehead atoms. The fraction of sp³-hybridized carbons (Fsp3) is 0.474. The zero-order valence-corrected chi connectivity index (χ0v) is 17.9. The van der Waals surface area contributed by atoms with E-state index in [1.807, 2.05) is 6.92 Å². The Bertz CT molecular complexity index is 986. The lowest BCUT2D eigenvalue weighted by Gasteiger charge is -2.30. The maximum atomic E-state index is 12.6. The SMILES string of the molecule is Cc1ccc(S(=O)(=O)NCC(=O)NCC(=O)NN2C(=O)NC3(CCCCC3)C2=O)cc1. The lowest BCUT2D eigenvalue weighted by atomic mass is 9.82. The van der Waals surface area contributed by atoms with E-state index < -0.39 is 52.4 Å². The second-order valence-electron chi connectivity index (χ2n) is 7.66. The highest BCUT2D eigenvalue weighted by molar-refractivity contribution is 7.89. The summed E-state index contributed by atoms with van der Waals surface area (Å²) in [4.78, 5) is 48.7. The fourth-order valence-corrected chi connectivity index (χ4v) is 4.57. The number of nitrogens with one attached hydrogen (secondary N) is 4. The normalized spacial score (nSPS) is 18.0. The highest BCUT2D eigenvalue weighted by atomic mass is 32.2. The number of nitrogens with zero attached hydrogens (tertiary/aromatic N) is 1. The average Bonchev–Trinajstić information content (AvgIpc) is 2.95. The van der Waals surface area contributed by atoms with Gasteiger partial charge in [0.1, 0.15) is 5.54 Å². The van der Waals surface area contributed by atoms with Gasteiger partial charge in [0, 0.05) is 0 Å². The van der Waals surface area contributed by atoms with Crippen molar-refractivity contribution in [1.82, 2.24) is 25.8 Å². The van der Waals surface area contributed by atoms with Crippen LogP contribution in [0.25, 0.3) is 0 Å². The second kappa shape index (κ2) is 9.02. The lowest BCUT2D eigenvalue weighted by molar-refractivity contribution is -0.139. The van der Waals surface area contributed by atoms with Gasteiger partial charge in [-0.2, -0.15) is 5.01 Å². The monoisotopic (exact) mass is 451 g/mol. The van der Waals surface area contributed by atoms with Crippen molar-refractivity contribution in [3.63, 3.8) is 0 Å². The summed E-state index contributed by atoms with van der Waals surface area (Å²) in [7, 11) is -3.88. The third-order valence-corrected chi connectivity index (χ3v) is 6.72. The molecule has 0 atom stereocenters. The number of sulfonamides is 1. The first-order valence-electron chi connectivity index (χ1n) is 9.92. The topological polar surface area (TPSA) is 154 Å². The molecular formula is C19H25N5O6S. The van der Waals surface area contributed by atoms with Gasteiger partial charge in [-0.3, -0.25) is 19.8 Å². The Hall–Kier alpha value is -2.99. The lowest BCUT2D eigenvalue weighted by Crippen LogP contribution is -2.52. The number of hydrazine groups is 1. The number of urea groups is 1. The number of rotatable bonds is 7. The van der Waals surface area contributed by atoms with E-state index in [0.717, 1.165) is 24.8 Å². The molecule has 168 valence electrons. The molecule has 1 aliphatic carbocycles. The van der Waals surface area contributed by atoms with Crippen LogP contribution in [0.3, 0.4) is 0 Å². The summed E-state index contributed by atoms with van der Waals surface area (Å²) in [6.07, 6.45) is 3.63. The zero-order valence-electron chi connectivity index (χ0n) is 17.1. The number of carbonyl (C=O) groups is 4. The Morgan fingerprint density at radius 2 is 1.68 bits per heavy atom. The Kier molecular flexibility index (Phi) is 6.60. The summed E-state index contributed by atoms with van der Waals surface area (Å²) in [6.45, 7) is 0.710. The number of amides is 5. The summed E-state index contributed by atoms with van der Waals surface area (Å²) in [5.41, 5.74) is 2.11. The molecule has 0 aromatic heterocycles. The molecule has 1 spiro atoms. The van der Waals surface area contributed by atoms with Gasteiger partial charge in [0.2, 0.25) is 15.9 Å². The van der Waals surface area contributed by atoms with Crippen molar-refractivity contribution in [3.8, 4) is 0 Å². The quantitative estimate of drug-likeness (QED) is 0.417. The standard InChI is InChI=1S/C19H25N5O6S/c1-13-5-7-14(8-6-13)31(29,30)21-12-15(25)20-11-16(26)23-24-17(27)19(22-18(24)28)9-3-2-4-10-19/h5-8,21H,2-4,9-12H2,1H3,(H,20,25)(H,22,28)(H,23,26). The van der Waals surface area contributed by atoms with Crippen LogP contribution in [-0.2, 0) is 24.4 Å².